The van der Waals surface area contributed by atoms with E-state index in [4.69, 9.17) is 27.9 Å². The van der Waals surface area contributed by atoms with E-state index in [1.54, 1.807) is 41.3 Å². The molecule has 5 nitrogen and oxygen atoms in total. The van der Waals surface area contributed by atoms with Gasteiger partial charge in [0.05, 0.1) is 6.42 Å². The van der Waals surface area contributed by atoms with E-state index in [0.717, 1.165) is 0 Å². The molecule has 0 saturated carbocycles. The molecular formula is C22H23Cl2NO4. The van der Waals surface area contributed by atoms with Crippen LogP contribution in [0.3, 0.4) is 0 Å². The fraction of sp³-hybridized carbons (Fsp3) is 0.364. The fourth-order valence-electron chi connectivity index (χ4n) is 3.43. The van der Waals surface area contributed by atoms with Crippen molar-refractivity contribution in [1.29, 1.82) is 0 Å². The maximum absolute atomic E-state index is 13.3. The highest BCUT2D eigenvalue weighted by Gasteiger charge is 2.39. The molecule has 1 amide bonds. The molecule has 0 radical (unpaired) electrons. The molecule has 1 N–H and O–H groups in total. The topological polar surface area (TPSA) is 66.8 Å². The molecule has 2 aromatic carbocycles. The highest BCUT2D eigenvalue weighted by molar-refractivity contribution is 6.31. The van der Waals surface area contributed by atoms with Gasteiger partial charge >= 0.3 is 5.97 Å². The minimum Gasteiger partial charge on any atom is -0.481 e. The van der Waals surface area contributed by atoms with Crippen LogP contribution in [0.4, 0.5) is 5.69 Å². The van der Waals surface area contributed by atoms with Gasteiger partial charge in [0.25, 0.3) is 5.91 Å². The number of carbonyl (C=O) groups is 2. The number of anilines is 1. The van der Waals surface area contributed by atoms with E-state index in [2.05, 4.69) is 0 Å². The average molecular weight is 436 g/mol. The Bertz CT molecular complexity index is 939. The molecule has 3 rings (SSSR count). The summed E-state index contributed by atoms with van der Waals surface area (Å²) in [5.74, 6) is -1.50. The number of carboxylic acid groups (broad SMARTS) is 1. The van der Waals surface area contributed by atoms with E-state index in [9.17, 15) is 14.7 Å². The molecule has 1 aliphatic heterocycles. The van der Waals surface area contributed by atoms with Crippen LogP contribution in [0.1, 0.15) is 44.4 Å². The van der Waals surface area contributed by atoms with Crippen molar-refractivity contribution in [3.05, 3.63) is 63.6 Å². The minimum atomic E-state index is -1.15. The Morgan fingerprint density at radius 1 is 1.14 bits per heavy atom. The van der Waals surface area contributed by atoms with Crippen LogP contribution in [0.2, 0.25) is 10.0 Å². The van der Waals surface area contributed by atoms with Crippen LogP contribution in [0, 0.1) is 5.41 Å². The van der Waals surface area contributed by atoms with Gasteiger partial charge in [-0.25, -0.2) is 0 Å². The maximum Gasteiger partial charge on any atom is 0.306 e. The maximum atomic E-state index is 13.3. The zero-order valence-corrected chi connectivity index (χ0v) is 18.0. The molecule has 0 saturated heterocycles. The lowest BCUT2D eigenvalue weighted by Gasteiger charge is -2.31. The summed E-state index contributed by atoms with van der Waals surface area (Å²) in [6.07, 6.45) is -2.32. The molecule has 1 aliphatic rings. The van der Waals surface area contributed by atoms with E-state index < -0.39 is 24.6 Å². The predicted octanol–water partition coefficient (Wildman–Crippen LogP) is 5.34. The number of nitrogens with zero attached hydrogens (tertiary/aromatic N) is 1. The van der Waals surface area contributed by atoms with Crippen LogP contribution in [0.15, 0.2) is 42.5 Å². The molecule has 2 aromatic rings. The molecule has 1 heterocycles. The van der Waals surface area contributed by atoms with Gasteiger partial charge in [-0.05, 0) is 29.7 Å². The largest absolute Gasteiger partial charge is 0.481 e. The van der Waals surface area contributed by atoms with Crippen molar-refractivity contribution >= 4 is 40.8 Å². The number of amides is 1. The lowest BCUT2D eigenvalue weighted by Crippen LogP contribution is -2.44. The third kappa shape index (κ3) is 4.92. The number of rotatable bonds is 4. The van der Waals surface area contributed by atoms with Crippen molar-refractivity contribution in [2.45, 2.75) is 39.4 Å². The Hall–Kier alpha value is -2.08. The van der Waals surface area contributed by atoms with Gasteiger partial charge in [0.2, 0.25) is 0 Å². The lowest BCUT2D eigenvalue weighted by molar-refractivity contribution is -0.147. The molecule has 0 aromatic heterocycles. The quantitative estimate of drug-likeness (QED) is 0.703. The number of carbonyl (C=O) groups excluding carboxylic acids is 1. The van der Waals surface area contributed by atoms with Gasteiger partial charge in [0.1, 0.15) is 12.2 Å². The van der Waals surface area contributed by atoms with Crippen molar-refractivity contribution in [3.63, 3.8) is 0 Å². The normalized spacial score (nSPS) is 19.6. The first-order valence-electron chi connectivity index (χ1n) is 9.29. The molecule has 29 heavy (non-hydrogen) atoms. The van der Waals surface area contributed by atoms with Gasteiger partial charge in [-0.15, -0.1) is 0 Å². The Morgan fingerprint density at radius 2 is 1.83 bits per heavy atom. The van der Waals surface area contributed by atoms with Crippen LogP contribution in [-0.2, 0) is 14.3 Å². The molecule has 0 bridgehead atoms. The standard InChI is InChI=1S/C22H23Cl2NO4/c1-22(2,3)12-25-17-9-8-13(23)10-15(17)20(14-6-4-5-7-16(14)24)29-18(21(25)28)11-19(26)27/h4-10,18,20H,11-12H2,1-3H3,(H,26,27)/t18-,20-/m0/s1. The summed E-state index contributed by atoms with van der Waals surface area (Å²) in [7, 11) is 0. The van der Waals surface area contributed by atoms with Gasteiger partial charge < -0.3 is 14.7 Å². The lowest BCUT2D eigenvalue weighted by atomic mass is 9.94. The van der Waals surface area contributed by atoms with Crippen LogP contribution in [-0.4, -0.2) is 29.6 Å². The molecular weight excluding hydrogens is 413 g/mol. The minimum absolute atomic E-state index is 0.218. The molecule has 2 atom stereocenters. The Balaban J connectivity index is 2.22. The Morgan fingerprint density at radius 3 is 2.45 bits per heavy atom. The van der Waals surface area contributed by atoms with Gasteiger partial charge in [-0.3, -0.25) is 9.59 Å². The van der Waals surface area contributed by atoms with Gasteiger partial charge in [-0.2, -0.15) is 0 Å². The zero-order chi connectivity index (χ0) is 21.3. The van der Waals surface area contributed by atoms with Gasteiger partial charge in [-0.1, -0.05) is 62.2 Å². The number of halogens is 2. The van der Waals surface area contributed by atoms with Crippen molar-refractivity contribution in [2.75, 3.05) is 11.4 Å². The number of fused-ring (bicyclic) bond motifs is 1. The summed E-state index contributed by atoms with van der Waals surface area (Å²) in [6, 6.07) is 12.4. The van der Waals surface area contributed by atoms with Crippen molar-refractivity contribution < 1.29 is 19.4 Å². The monoisotopic (exact) mass is 435 g/mol. The zero-order valence-electron chi connectivity index (χ0n) is 16.5. The molecule has 154 valence electrons. The van der Waals surface area contributed by atoms with E-state index in [1.165, 1.54) is 0 Å². The number of hydrogen-bond donors (Lipinski definition) is 1. The summed E-state index contributed by atoms with van der Waals surface area (Å²) in [6.45, 7) is 6.44. The first kappa shape index (κ1) is 21.6. The highest BCUT2D eigenvalue weighted by atomic mass is 35.5. The van der Waals surface area contributed by atoms with Crippen LogP contribution < -0.4 is 4.90 Å². The SMILES string of the molecule is CC(C)(C)CN1C(=O)[C@H](CC(=O)O)O[C@@H](c2ccccc2Cl)c2cc(Cl)ccc21. The van der Waals surface area contributed by atoms with Gasteiger partial charge in [0, 0.05) is 33.4 Å². The van der Waals surface area contributed by atoms with Crippen LogP contribution >= 0.6 is 23.2 Å². The molecule has 0 spiro atoms. The molecule has 7 heteroatoms. The van der Waals surface area contributed by atoms with Crippen molar-refractivity contribution in [3.8, 4) is 0 Å². The van der Waals surface area contributed by atoms with Crippen LogP contribution in [0.25, 0.3) is 0 Å². The third-order valence-corrected chi connectivity index (χ3v) is 5.16. The third-order valence-electron chi connectivity index (χ3n) is 4.58. The number of ether oxygens (including phenoxy) is 1. The summed E-state index contributed by atoms with van der Waals surface area (Å²) >= 11 is 12.7. The second kappa shape index (κ2) is 8.34. The Kier molecular flexibility index (Phi) is 6.22. The second-order valence-corrected chi connectivity index (χ2v) is 9.16. The van der Waals surface area contributed by atoms with Crippen molar-refractivity contribution in [2.24, 2.45) is 5.41 Å². The smallest absolute Gasteiger partial charge is 0.306 e. The van der Waals surface area contributed by atoms with E-state index >= 15 is 0 Å². The Labute approximate surface area is 180 Å². The van der Waals surface area contributed by atoms with E-state index in [-0.39, 0.29) is 11.3 Å². The second-order valence-electron chi connectivity index (χ2n) is 8.31. The molecule has 0 aliphatic carbocycles. The summed E-state index contributed by atoms with van der Waals surface area (Å²) in [5, 5.41) is 10.3. The van der Waals surface area contributed by atoms with E-state index in [0.29, 0.717) is 33.4 Å². The number of hydrogen-bond acceptors (Lipinski definition) is 3. The first-order chi connectivity index (χ1) is 13.6. The fourth-order valence-corrected chi connectivity index (χ4v) is 3.84. The predicted molar refractivity (Wildman–Crippen MR) is 114 cm³/mol. The number of aliphatic carboxylic acids is 1. The van der Waals surface area contributed by atoms with E-state index in [1.807, 2.05) is 26.8 Å². The average Bonchev–Trinajstić information content (AvgIpc) is 2.71. The summed E-state index contributed by atoms with van der Waals surface area (Å²) in [4.78, 5) is 26.4. The molecule has 0 fully saturated rings. The van der Waals surface area contributed by atoms with Crippen molar-refractivity contribution in [1.82, 2.24) is 0 Å². The molecule has 0 unspecified atom stereocenters. The van der Waals surface area contributed by atoms with Gasteiger partial charge in [0.15, 0.2) is 0 Å². The number of benzene rings is 2. The summed E-state index contributed by atoms with van der Waals surface area (Å²) < 4.78 is 6.11. The first-order valence-corrected chi connectivity index (χ1v) is 10.0. The van der Waals surface area contributed by atoms with Crippen LogP contribution in [0.5, 0.6) is 0 Å². The summed E-state index contributed by atoms with van der Waals surface area (Å²) in [5.41, 5.74) is 1.76. The number of carboxylic acids is 1. The highest BCUT2D eigenvalue weighted by Crippen LogP contribution is 2.42.